The largest absolute Gasteiger partial charge is 0.368 e. The molecule has 1 amide bonds. The molecule has 0 spiro atoms. The summed E-state index contributed by atoms with van der Waals surface area (Å²) in [7, 11) is 0. The molecule has 0 unspecified atom stereocenters. The number of anilines is 1. The molecular formula is C21H23ClN4O2S. The molecule has 1 aliphatic heterocycles. The van der Waals surface area contributed by atoms with E-state index in [2.05, 4.69) is 9.88 Å². The number of hydrogen-bond acceptors (Lipinski definition) is 5. The van der Waals surface area contributed by atoms with E-state index < -0.39 is 0 Å². The first-order valence-electron chi connectivity index (χ1n) is 9.67. The lowest BCUT2D eigenvalue weighted by atomic mass is 10.1. The molecule has 0 N–H and O–H groups in total. The van der Waals surface area contributed by atoms with Gasteiger partial charge in [-0.1, -0.05) is 11.6 Å². The Morgan fingerprint density at radius 3 is 2.41 bits per heavy atom. The third kappa shape index (κ3) is 3.65. The van der Waals surface area contributed by atoms with E-state index in [0.717, 1.165) is 23.7 Å². The second kappa shape index (κ2) is 7.80. The van der Waals surface area contributed by atoms with Crippen molar-refractivity contribution in [2.75, 3.05) is 31.1 Å². The van der Waals surface area contributed by atoms with Crippen LogP contribution in [0.1, 0.15) is 35.1 Å². The minimum absolute atomic E-state index is 0.0295. The van der Waals surface area contributed by atoms with Gasteiger partial charge in [-0.3, -0.25) is 14.2 Å². The summed E-state index contributed by atoms with van der Waals surface area (Å²) in [6, 6.07) is 7.79. The second-order valence-corrected chi connectivity index (χ2v) is 9.18. The molecule has 29 heavy (non-hydrogen) atoms. The summed E-state index contributed by atoms with van der Waals surface area (Å²) in [6.45, 7) is 8.54. The van der Waals surface area contributed by atoms with Gasteiger partial charge in [0.15, 0.2) is 0 Å². The quantitative estimate of drug-likeness (QED) is 0.631. The van der Waals surface area contributed by atoms with Crippen molar-refractivity contribution in [2.24, 2.45) is 0 Å². The monoisotopic (exact) mass is 430 g/mol. The molecule has 0 atom stereocenters. The van der Waals surface area contributed by atoms with Crippen molar-refractivity contribution in [2.45, 2.75) is 26.8 Å². The standard InChI is InChI=1S/C21H23ClN4O2S/c1-13(2)26-12-23-18-17(14(3)29-19(18)21(26)28)20(27)25-10-8-24(9-11-25)16-6-4-15(22)5-7-16/h4-7,12-13H,8-11H2,1-3H3. The number of halogens is 1. The average molecular weight is 431 g/mol. The van der Waals surface area contributed by atoms with Gasteiger partial charge >= 0.3 is 0 Å². The number of piperazine rings is 1. The third-order valence-corrected chi connectivity index (χ3v) is 6.66. The number of fused-ring (bicyclic) bond motifs is 1. The number of aryl methyl sites for hydroxylation is 1. The number of carbonyl (C=O) groups is 1. The first-order valence-corrected chi connectivity index (χ1v) is 10.9. The van der Waals surface area contributed by atoms with Crippen LogP contribution < -0.4 is 10.5 Å². The van der Waals surface area contributed by atoms with Crippen LogP contribution in [0.15, 0.2) is 35.4 Å². The molecule has 4 rings (SSSR count). The lowest BCUT2D eigenvalue weighted by Gasteiger charge is -2.36. The zero-order valence-electron chi connectivity index (χ0n) is 16.7. The van der Waals surface area contributed by atoms with Gasteiger partial charge in [-0.25, -0.2) is 4.98 Å². The Bertz CT molecular complexity index is 1110. The topological polar surface area (TPSA) is 58.4 Å². The number of aromatic nitrogens is 2. The van der Waals surface area contributed by atoms with Crippen molar-refractivity contribution >= 4 is 44.7 Å². The van der Waals surface area contributed by atoms with Gasteiger partial charge in [0.25, 0.3) is 11.5 Å². The van der Waals surface area contributed by atoms with Crippen LogP contribution in [0.3, 0.4) is 0 Å². The average Bonchev–Trinajstić information content (AvgIpc) is 3.05. The van der Waals surface area contributed by atoms with Crippen molar-refractivity contribution in [3.8, 4) is 0 Å². The van der Waals surface area contributed by atoms with E-state index >= 15 is 0 Å². The Balaban J connectivity index is 1.57. The van der Waals surface area contributed by atoms with E-state index in [1.54, 1.807) is 10.9 Å². The van der Waals surface area contributed by atoms with Crippen molar-refractivity contribution in [1.29, 1.82) is 0 Å². The summed E-state index contributed by atoms with van der Waals surface area (Å²) in [5, 5.41) is 0.714. The van der Waals surface area contributed by atoms with Crippen molar-refractivity contribution in [1.82, 2.24) is 14.5 Å². The molecule has 1 aliphatic rings. The first kappa shape index (κ1) is 19.9. The predicted octanol–water partition coefficient (Wildman–Crippen LogP) is 3.96. The van der Waals surface area contributed by atoms with Gasteiger partial charge in [0.2, 0.25) is 0 Å². The Labute approximate surface area is 178 Å². The van der Waals surface area contributed by atoms with Gasteiger partial charge in [0, 0.05) is 47.8 Å². The maximum atomic E-state index is 13.3. The molecule has 0 radical (unpaired) electrons. The van der Waals surface area contributed by atoms with Crippen LogP contribution >= 0.6 is 22.9 Å². The normalized spacial score (nSPS) is 14.8. The number of nitrogens with zero attached hydrogens (tertiary/aromatic N) is 4. The smallest absolute Gasteiger partial charge is 0.271 e. The zero-order chi connectivity index (χ0) is 20.7. The molecule has 3 heterocycles. The summed E-state index contributed by atoms with van der Waals surface area (Å²) in [6.07, 6.45) is 1.55. The molecule has 6 nitrogen and oxygen atoms in total. The summed E-state index contributed by atoms with van der Waals surface area (Å²) in [5.74, 6) is -0.0429. The van der Waals surface area contributed by atoms with Gasteiger partial charge in [-0.2, -0.15) is 0 Å². The van der Waals surface area contributed by atoms with Crippen LogP contribution in [-0.2, 0) is 0 Å². The number of carbonyl (C=O) groups excluding carboxylic acids is 1. The summed E-state index contributed by atoms with van der Waals surface area (Å²) < 4.78 is 2.17. The summed E-state index contributed by atoms with van der Waals surface area (Å²) in [4.78, 5) is 35.4. The lowest BCUT2D eigenvalue weighted by molar-refractivity contribution is 0.0748. The number of thiophene rings is 1. The molecule has 1 aromatic carbocycles. The predicted molar refractivity (Wildman–Crippen MR) is 119 cm³/mol. The van der Waals surface area contributed by atoms with Gasteiger partial charge in [-0.05, 0) is 45.0 Å². The zero-order valence-corrected chi connectivity index (χ0v) is 18.3. The van der Waals surface area contributed by atoms with Gasteiger partial charge in [0.1, 0.15) is 10.2 Å². The highest BCUT2D eigenvalue weighted by Gasteiger charge is 2.27. The van der Waals surface area contributed by atoms with E-state index in [9.17, 15) is 9.59 Å². The van der Waals surface area contributed by atoms with Crippen LogP contribution in [-0.4, -0.2) is 46.5 Å². The first-order chi connectivity index (χ1) is 13.9. The van der Waals surface area contributed by atoms with Crippen LogP contribution in [0, 0.1) is 6.92 Å². The van der Waals surface area contributed by atoms with E-state index in [4.69, 9.17) is 11.6 Å². The Hall–Kier alpha value is -2.38. The van der Waals surface area contributed by atoms with Gasteiger partial charge in [-0.15, -0.1) is 11.3 Å². The molecule has 2 aromatic heterocycles. The highest BCUT2D eigenvalue weighted by molar-refractivity contribution is 7.19. The molecule has 152 valence electrons. The summed E-state index contributed by atoms with van der Waals surface area (Å²) in [5.41, 5.74) is 2.12. The fourth-order valence-electron chi connectivity index (χ4n) is 3.69. The fourth-order valence-corrected chi connectivity index (χ4v) is 4.85. The number of rotatable bonds is 3. The Morgan fingerprint density at radius 1 is 1.14 bits per heavy atom. The molecule has 0 aliphatic carbocycles. The van der Waals surface area contributed by atoms with Crippen LogP contribution in [0.4, 0.5) is 5.69 Å². The van der Waals surface area contributed by atoms with Crippen molar-refractivity contribution in [3.05, 3.63) is 56.4 Å². The molecule has 8 heteroatoms. The SMILES string of the molecule is Cc1sc2c(=O)n(C(C)C)cnc2c1C(=O)N1CCN(c2ccc(Cl)cc2)CC1. The summed E-state index contributed by atoms with van der Waals surface area (Å²) >= 11 is 7.33. The Kier molecular flexibility index (Phi) is 5.36. The lowest BCUT2D eigenvalue weighted by Crippen LogP contribution is -2.48. The minimum Gasteiger partial charge on any atom is -0.368 e. The Morgan fingerprint density at radius 2 is 1.79 bits per heavy atom. The molecule has 1 fully saturated rings. The number of hydrogen-bond donors (Lipinski definition) is 0. The van der Waals surface area contributed by atoms with Gasteiger partial charge < -0.3 is 9.80 Å². The fraction of sp³-hybridized carbons (Fsp3) is 0.381. The molecular weight excluding hydrogens is 408 g/mol. The van der Waals surface area contributed by atoms with Crippen LogP contribution in [0.5, 0.6) is 0 Å². The van der Waals surface area contributed by atoms with E-state index in [-0.39, 0.29) is 17.5 Å². The second-order valence-electron chi connectivity index (χ2n) is 7.52. The van der Waals surface area contributed by atoms with Gasteiger partial charge in [0.05, 0.1) is 11.9 Å². The maximum absolute atomic E-state index is 13.3. The van der Waals surface area contributed by atoms with Crippen LogP contribution in [0.2, 0.25) is 5.02 Å². The van der Waals surface area contributed by atoms with E-state index in [1.165, 1.54) is 11.3 Å². The minimum atomic E-state index is -0.0790. The van der Waals surface area contributed by atoms with Crippen molar-refractivity contribution < 1.29 is 4.79 Å². The molecule has 1 saturated heterocycles. The van der Waals surface area contributed by atoms with E-state index in [0.29, 0.717) is 33.9 Å². The number of benzene rings is 1. The molecule has 0 bridgehead atoms. The molecule has 0 saturated carbocycles. The highest BCUT2D eigenvalue weighted by Crippen LogP contribution is 2.29. The molecule has 3 aromatic rings. The maximum Gasteiger partial charge on any atom is 0.271 e. The highest BCUT2D eigenvalue weighted by atomic mass is 35.5. The van der Waals surface area contributed by atoms with Crippen LogP contribution in [0.25, 0.3) is 10.2 Å². The van der Waals surface area contributed by atoms with Crippen molar-refractivity contribution in [3.63, 3.8) is 0 Å². The third-order valence-electron chi connectivity index (χ3n) is 5.33. The van der Waals surface area contributed by atoms with E-state index in [1.807, 2.05) is 49.9 Å². The number of amides is 1.